The molecular formula is C16H24BrNO2S. The third-order valence-electron chi connectivity index (χ3n) is 4.39. The molecule has 21 heavy (non-hydrogen) atoms. The van der Waals surface area contributed by atoms with E-state index in [0.29, 0.717) is 12.3 Å². The zero-order valence-electron chi connectivity index (χ0n) is 12.5. The van der Waals surface area contributed by atoms with E-state index in [4.69, 9.17) is 0 Å². The second-order valence-electron chi connectivity index (χ2n) is 6.23. The first kappa shape index (κ1) is 17.0. The number of hydrogen-bond acceptors (Lipinski definition) is 3. The first-order valence-corrected chi connectivity index (χ1v) is 9.30. The highest BCUT2D eigenvalue weighted by atomic mass is 79.9. The average molecular weight is 374 g/mol. The lowest BCUT2D eigenvalue weighted by molar-refractivity contribution is -0.124. The Hall–Kier alpha value is -0.390. The summed E-state index contributed by atoms with van der Waals surface area (Å²) in [6, 6.07) is 4.15. The van der Waals surface area contributed by atoms with Crippen molar-refractivity contribution in [2.45, 2.75) is 57.4 Å². The van der Waals surface area contributed by atoms with Crippen LogP contribution in [0.5, 0.6) is 0 Å². The van der Waals surface area contributed by atoms with Crippen molar-refractivity contribution in [3.05, 3.63) is 20.8 Å². The van der Waals surface area contributed by atoms with Crippen LogP contribution in [0.4, 0.5) is 0 Å². The van der Waals surface area contributed by atoms with E-state index in [-0.39, 0.29) is 18.1 Å². The maximum absolute atomic E-state index is 12.1. The van der Waals surface area contributed by atoms with E-state index in [1.807, 2.05) is 6.07 Å². The second kappa shape index (κ2) is 7.75. The van der Waals surface area contributed by atoms with Crippen molar-refractivity contribution in [1.82, 2.24) is 5.32 Å². The van der Waals surface area contributed by atoms with Crippen LogP contribution >= 0.6 is 27.3 Å². The van der Waals surface area contributed by atoms with Crippen LogP contribution in [-0.4, -0.2) is 23.2 Å². The molecule has 2 rings (SSSR count). The smallest absolute Gasteiger partial charge is 0.220 e. The monoisotopic (exact) mass is 373 g/mol. The molecule has 0 radical (unpaired) electrons. The Balaban J connectivity index is 1.75. The molecule has 0 atom stereocenters. The van der Waals surface area contributed by atoms with Crippen LogP contribution in [0, 0.1) is 5.92 Å². The maximum Gasteiger partial charge on any atom is 0.220 e. The van der Waals surface area contributed by atoms with Gasteiger partial charge in [-0.3, -0.25) is 4.79 Å². The molecule has 1 aromatic rings. The summed E-state index contributed by atoms with van der Waals surface area (Å²) >= 11 is 5.18. The molecule has 118 valence electrons. The summed E-state index contributed by atoms with van der Waals surface area (Å²) in [6.07, 6.45) is 6.30. The summed E-state index contributed by atoms with van der Waals surface area (Å²) in [6.45, 7) is 2.30. The number of hydrogen-bond donors (Lipinski definition) is 2. The predicted molar refractivity (Wildman–Crippen MR) is 90.5 cm³/mol. The molecule has 3 nitrogen and oxygen atoms in total. The minimum Gasteiger partial charge on any atom is -0.394 e. The largest absolute Gasteiger partial charge is 0.394 e. The van der Waals surface area contributed by atoms with E-state index in [9.17, 15) is 9.90 Å². The number of aliphatic hydroxyl groups excluding tert-OH is 1. The summed E-state index contributed by atoms with van der Waals surface area (Å²) in [5.74, 6) is 0.785. The van der Waals surface area contributed by atoms with Gasteiger partial charge in [0.05, 0.1) is 15.9 Å². The number of amides is 1. The predicted octanol–water partition coefficient (Wildman–Crippen LogP) is 3.89. The van der Waals surface area contributed by atoms with Crippen molar-refractivity contribution in [1.29, 1.82) is 0 Å². The molecule has 1 aliphatic carbocycles. The quantitative estimate of drug-likeness (QED) is 0.794. The molecule has 1 saturated carbocycles. The van der Waals surface area contributed by atoms with Gasteiger partial charge in [-0.2, -0.15) is 0 Å². The lowest BCUT2D eigenvalue weighted by Crippen LogP contribution is -2.53. The van der Waals surface area contributed by atoms with Crippen LogP contribution in [0.25, 0.3) is 0 Å². The highest BCUT2D eigenvalue weighted by molar-refractivity contribution is 9.11. The number of rotatable bonds is 6. The van der Waals surface area contributed by atoms with Crippen LogP contribution in [-0.2, 0) is 11.2 Å². The molecule has 0 bridgehead atoms. The van der Waals surface area contributed by atoms with Crippen LogP contribution < -0.4 is 5.32 Å². The third-order valence-corrected chi connectivity index (χ3v) is 6.08. The Kier molecular flexibility index (Phi) is 6.26. The van der Waals surface area contributed by atoms with Crippen molar-refractivity contribution >= 4 is 33.2 Å². The highest BCUT2D eigenvalue weighted by Crippen LogP contribution is 2.31. The third kappa shape index (κ3) is 5.08. The zero-order chi connectivity index (χ0) is 15.3. The fourth-order valence-corrected chi connectivity index (χ4v) is 4.43. The van der Waals surface area contributed by atoms with Crippen molar-refractivity contribution < 1.29 is 9.90 Å². The van der Waals surface area contributed by atoms with Crippen LogP contribution in [0.15, 0.2) is 15.9 Å². The Bertz CT molecular complexity index is 467. The summed E-state index contributed by atoms with van der Waals surface area (Å²) in [7, 11) is 0. The molecule has 0 unspecified atom stereocenters. The molecule has 2 N–H and O–H groups in total. The Morgan fingerprint density at radius 2 is 2.19 bits per heavy atom. The molecular weight excluding hydrogens is 350 g/mol. The topological polar surface area (TPSA) is 49.3 Å². The summed E-state index contributed by atoms with van der Waals surface area (Å²) in [5.41, 5.74) is -0.366. The molecule has 1 heterocycles. The standard InChI is InChI=1S/C16H24BrNO2S/c1-12-7-9-16(11-19,10-8-12)18-15(20)4-2-3-13-5-6-14(17)21-13/h5-6,12,19H,2-4,7-11H2,1H3,(H,18,20). The Labute approximate surface area is 139 Å². The van der Waals surface area contributed by atoms with E-state index in [0.717, 1.165) is 42.3 Å². The molecule has 1 aliphatic rings. The highest BCUT2D eigenvalue weighted by Gasteiger charge is 2.34. The van der Waals surface area contributed by atoms with E-state index >= 15 is 0 Å². The molecule has 1 aromatic heterocycles. The van der Waals surface area contributed by atoms with E-state index < -0.39 is 0 Å². The number of aryl methyl sites for hydroxylation is 1. The summed E-state index contributed by atoms with van der Waals surface area (Å²) in [5, 5.41) is 12.8. The van der Waals surface area contributed by atoms with Crippen molar-refractivity contribution in [3.63, 3.8) is 0 Å². The van der Waals surface area contributed by atoms with Crippen LogP contribution in [0.1, 0.15) is 50.3 Å². The second-order valence-corrected chi connectivity index (χ2v) is 8.78. The maximum atomic E-state index is 12.1. The van der Waals surface area contributed by atoms with Gasteiger partial charge in [-0.1, -0.05) is 6.92 Å². The average Bonchev–Trinajstić information content (AvgIpc) is 2.87. The zero-order valence-corrected chi connectivity index (χ0v) is 14.9. The van der Waals surface area contributed by atoms with Gasteiger partial charge in [-0.25, -0.2) is 0 Å². The van der Waals surface area contributed by atoms with Gasteiger partial charge in [0, 0.05) is 11.3 Å². The number of thiophene rings is 1. The van der Waals surface area contributed by atoms with Gasteiger partial charge >= 0.3 is 0 Å². The Morgan fingerprint density at radius 3 is 2.76 bits per heavy atom. The van der Waals surface area contributed by atoms with Crippen LogP contribution in [0.2, 0.25) is 0 Å². The van der Waals surface area contributed by atoms with Gasteiger partial charge in [0.1, 0.15) is 0 Å². The van der Waals surface area contributed by atoms with E-state index in [1.54, 1.807) is 11.3 Å². The van der Waals surface area contributed by atoms with Crippen molar-refractivity contribution in [3.8, 4) is 0 Å². The van der Waals surface area contributed by atoms with Gasteiger partial charge in [0.2, 0.25) is 5.91 Å². The normalized spacial score (nSPS) is 25.8. The molecule has 5 heteroatoms. The first-order valence-electron chi connectivity index (χ1n) is 7.69. The molecule has 0 spiro atoms. The SMILES string of the molecule is CC1CCC(CO)(NC(=O)CCCc2ccc(Br)s2)CC1. The minimum atomic E-state index is -0.366. The van der Waals surface area contributed by atoms with Crippen LogP contribution in [0.3, 0.4) is 0 Å². The number of halogens is 1. The van der Waals surface area contributed by atoms with Gasteiger partial charge in [0.15, 0.2) is 0 Å². The number of aliphatic hydroxyl groups is 1. The molecule has 0 aromatic carbocycles. The fourth-order valence-electron chi connectivity index (χ4n) is 2.90. The van der Waals surface area contributed by atoms with Gasteiger partial charge < -0.3 is 10.4 Å². The van der Waals surface area contributed by atoms with E-state index in [2.05, 4.69) is 34.2 Å². The number of nitrogens with one attached hydrogen (secondary N) is 1. The molecule has 0 aliphatic heterocycles. The summed E-state index contributed by atoms with van der Waals surface area (Å²) in [4.78, 5) is 13.4. The fraction of sp³-hybridized carbons (Fsp3) is 0.688. The van der Waals surface area contributed by atoms with Gasteiger partial charge in [0.25, 0.3) is 0 Å². The van der Waals surface area contributed by atoms with Crippen molar-refractivity contribution in [2.75, 3.05) is 6.61 Å². The first-order chi connectivity index (χ1) is 10.0. The Morgan fingerprint density at radius 1 is 1.48 bits per heavy atom. The number of carbonyl (C=O) groups is 1. The molecule has 0 saturated heterocycles. The lowest BCUT2D eigenvalue weighted by Gasteiger charge is -2.38. The molecule has 1 fully saturated rings. The van der Waals surface area contributed by atoms with E-state index in [1.165, 1.54) is 4.88 Å². The lowest BCUT2D eigenvalue weighted by atomic mass is 9.77. The van der Waals surface area contributed by atoms with Gasteiger partial charge in [-0.15, -0.1) is 11.3 Å². The van der Waals surface area contributed by atoms with Crippen molar-refractivity contribution in [2.24, 2.45) is 5.92 Å². The summed E-state index contributed by atoms with van der Waals surface area (Å²) < 4.78 is 1.14. The minimum absolute atomic E-state index is 0.0589. The van der Waals surface area contributed by atoms with Gasteiger partial charge in [-0.05, 0) is 72.5 Å². The number of carbonyl (C=O) groups excluding carboxylic acids is 1. The molecule has 1 amide bonds.